The van der Waals surface area contributed by atoms with Gasteiger partial charge in [-0.1, -0.05) is 41.1 Å². The van der Waals surface area contributed by atoms with Gasteiger partial charge in [0.15, 0.2) is 5.69 Å². The van der Waals surface area contributed by atoms with Gasteiger partial charge in [-0.3, -0.25) is 0 Å². The zero-order chi connectivity index (χ0) is 19.8. The third-order valence-electron chi connectivity index (χ3n) is 5.12. The highest BCUT2D eigenvalue weighted by Gasteiger charge is 2.26. The highest BCUT2D eigenvalue weighted by atomic mass is 16.5. The fraction of sp³-hybridized carbons (Fsp3) is 0.227. The Morgan fingerprint density at radius 3 is 2.79 bits per heavy atom. The van der Waals surface area contributed by atoms with Crippen LogP contribution in [0.25, 0.3) is 23.0 Å². The lowest BCUT2D eigenvalue weighted by molar-refractivity contribution is 0.00328. The van der Waals surface area contributed by atoms with E-state index in [0.29, 0.717) is 30.6 Å². The van der Waals surface area contributed by atoms with Crippen LogP contribution in [0.5, 0.6) is 5.75 Å². The first kappa shape index (κ1) is 17.6. The van der Waals surface area contributed by atoms with E-state index >= 15 is 0 Å². The average molecular weight is 388 g/mol. The number of benzene rings is 2. The summed E-state index contributed by atoms with van der Waals surface area (Å²) in [7, 11) is 1.66. The number of aromatic nitrogens is 4. The molecule has 7 heteroatoms. The Morgan fingerprint density at radius 2 is 2.00 bits per heavy atom. The maximum absolute atomic E-state index is 6.10. The Labute approximate surface area is 167 Å². The molecule has 0 N–H and O–H groups in total. The monoisotopic (exact) mass is 388 g/mol. The molecule has 0 saturated carbocycles. The molecule has 0 fully saturated rings. The third kappa shape index (κ3) is 3.30. The molecule has 2 aromatic heterocycles. The second-order valence-corrected chi connectivity index (χ2v) is 7.06. The van der Waals surface area contributed by atoms with E-state index in [-0.39, 0.29) is 6.10 Å². The van der Waals surface area contributed by atoms with Gasteiger partial charge in [-0.2, -0.15) is 4.98 Å². The number of hydrogen-bond acceptors (Lipinski definition) is 6. The van der Waals surface area contributed by atoms with Gasteiger partial charge >= 0.3 is 0 Å². The highest BCUT2D eigenvalue weighted by Crippen LogP contribution is 2.32. The maximum Gasteiger partial charge on any atom is 0.278 e. The molecule has 146 valence electrons. The molecule has 5 rings (SSSR count). The molecule has 0 aliphatic carbocycles. The Kier molecular flexibility index (Phi) is 4.37. The van der Waals surface area contributed by atoms with Crippen LogP contribution in [0.4, 0.5) is 0 Å². The van der Waals surface area contributed by atoms with Crippen LogP contribution in [0.1, 0.15) is 22.9 Å². The second-order valence-electron chi connectivity index (χ2n) is 7.06. The lowest BCUT2D eigenvalue weighted by Crippen LogP contribution is -2.20. The number of fused-ring (bicyclic) bond motifs is 1. The summed E-state index contributed by atoms with van der Waals surface area (Å²) in [5.41, 5.74) is 4.78. The molecule has 4 aromatic rings. The Balaban J connectivity index is 1.39. The zero-order valence-electron chi connectivity index (χ0n) is 16.2. The van der Waals surface area contributed by atoms with Crippen molar-refractivity contribution in [1.82, 2.24) is 19.7 Å². The van der Waals surface area contributed by atoms with E-state index in [0.717, 1.165) is 28.1 Å². The van der Waals surface area contributed by atoms with Crippen molar-refractivity contribution in [1.29, 1.82) is 0 Å². The first-order valence-corrected chi connectivity index (χ1v) is 9.42. The van der Waals surface area contributed by atoms with Crippen molar-refractivity contribution in [3.05, 3.63) is 71.7 Å². The van der Waals surface area contributed by atoms with Crippen LogP contribution in [0.2, 0.25) is 0 Å². The molecule has 0 radical (unpaired) electrons. The van der Waals surface area contributed by atoms with E-state index in [9.17, 15) is 0 Å². The molecular formula is C22H20N4O3. The largest absolute Gasteiger partial charge is 0.497 e. The number of methoxy groups -OCH3 is 1. The molecule has 1 atom stereocenters. The van der Waals surface area contributed by atoms with Crippen molar-refractivity contribution in [2.45, 2.75) is 26.2 Å². The van der Waals surface area contributed by atoms with E-state index in [4.69, 9.17) is 14.0 Å². The minimum Gasteiger partial charge on any atom is -0.497 e. The molecule has 1 aliphatic heterocycles. The van der Waals surface area contributed by atoms with Gasteiger partial charge in [-0.25, -0.2) is 4.98 Å². The SMILES string of the molecule is COc1ccc(C2Cn3cnc(-c4nc(-c5cccc(C)c5)no4)c3CO2)cc1. The maximum atomic E-state index is 6.10. The van der Waals surface area contributed by atoms with Gasteiger partial charge < -0.3 is 18.6 Å². The summed E-state index contributed by atoms with van der Waals surface area (Å²) in [6.45, 7) is 3.13. The molecule has 0 saturated heterocycles. The second kappa shape index (κ2) is 7.18. The zero-order valence-corrected chi connectivity index (χ0v) is 16.2. The van der Waals surface area contributed by atoms with Crippen molar-refractivity contribution in [3.63, 3.8) is 0 Å². The first-order valence-electron chi connectivity index (χ1n) is 9.42. The van der Waals surface area contributed by atoms with Gasteiger partial charge in [0.2, 0.25) is 5.82 Å². The number of rotatable bonds is 4. The Bertz CT molecular complexity index is 1150. The molecule has 3 heterocycles. The van der Waals surface area contributed by atoms with Gasteiger partial charge in [0.1, 0.15) is 11.9 Å². The predicted octanol–water partition coefficient (Wildman–Crippen LogP) is 4.19. The van der Waals surface area contributed by atoms with Crippen molar-refractivity contribution < 1.29 is 14.0 Å². The van der Waals surface area contributed by atoms with E-state index in [1.54, 1.807) is 13.4 Å². The van der Waals surface area contributed by atoms with Gasteiger partial charge in [-0.15, -0.1) is 0 Å². The van der Waals surface area contributed by atoms with E-state index in [1.165, 1.54) is 0 Å². The number of ether oxygens (including phenoxy) is 2. The quantitative estimate of drug-likeness (QED) is 0.522. The van der Waals surface area contributed by atoms with Crippen LogP contribution in [0, 0.1) is 6.92 Å². The van der Waals surface area contributed by atoms with Crippen LogP contribution < -0.4 is 4.74 Å². The minimum atomic E-state index is -0.0407. The van der Waals surface area contributed by atoms with Crippen LogP contribution in [0.15, 0.2) is 59.4 Å². The smallest absolute Gasteiger partial charge is 0.278 e. The molecule has 7 nitrogen and oxygen atoms in total. The van der Waals surface area contributed by atoms with Crippen molar-refractivity contribution in [2.24, 2.45) is 0 Å². The molecule has 0 amide bonds. The summed E-state index contributed by atoms with van der Waals surface area (Å²) in [6.07, 6.45) is 1.77. The Hall–Kier alpha value is -3.45. The summed E-state index contributed by atoms with van der Waals surface area (Å²) >= 11 is 0. The summed E-state index contributed by atoms with van der Waals surface area (Å²) in [6, 6.07) is 15.9. The van der Waals surface area contributed by atoms with E-state index in [2.05, 4.69) is 19.7 Å². The lowest BCUT2D eigenvalue weighted by atomic mass is 10.1. The van der Waals surface area contributed by atoms with Crippen LogP contribution in [0.3, 0.4) is 0 Å². The molecular weight excluding hydrogens is 368 g/mol. The van der Waals surface area contributed by atoms with Crippen molar-refractivity contribution >= 4 is 0 Å². The number of hydrogen-bond donors (Lipinski definition) is 0. The summed E-state index contributed by atoms with van der Waals surface area (Å²) < 4.78 is 18.9. The molecule has 1 unspecified atom stereocenters. The number of nitrogens with zero attached hydrogens (tertiary/aromatic N) is 4. The van der Waals surface area contributed by atoms with Gasteiger partial charge in [0.25, 0.3) is 5.89 Å². The normalized spacial score (nSPS) is 15.9. The fourth-order valence-electron chi connectivity index (χ4n) is 3.55. The van der Waals surface area contributed by atoms with Gasteiger partial charge in [-0.05, 0) is 30.7 Å². The van der Waals surface area contributed by atoms with Crippen molar-refractivity contribution in [2.75, 3.05) is 7.11 Å². The molecule has 0 bridgehead atoms. The third-order valence-corrected chi connectivity index (χ3v) is 5.12. The molecule has 1 aliphatic rings. The fourth-order valence-corrected chi connectivity index (χ4v) is 3.55. The highest BCUT2D eigenvalue weighted by molar-refractivity contribution is 5.59. The minimum absolute atomic E-state index is 0.0407. The Morgan fingerprint density at radius 1 is 1.14 bits per heavy atom. The number of imidazole rings is 1. The van der Waals surface area contributed by atoms with Gasteiger partial charge in [0, 0.05) is 5.56 Å². The summed E-state index contributed by atoms with van der Waals surface area (Å²) in [5.74, 6) is 1.79. The molecule has 29 heavy (non-hydrogen) atoms. The lowest BCUT2D eigenvalue weighted by Gasteiger charge is -2.25. The average Bonchev–Trinajstić information content (AvgIpc) is 3.40. The van der Waals surface area contributed by atoms with Gasteiger partial charge in [0.05, 0.1) is 32.3 Å². The van der Waals surface area contributed by atoms with E-state index in [1.807, 2.05) is 55.5 Å². The number of aryl methyl sites for hydroxylation is 1. The molecule has 2 aromatic carbocycles. The van der Waals surface area contributed by atoms with Crippen LogP contribution in [-0.2, 0) is 17.9 Å². The standard InChI is InChI=1S/C22H20N4O3/c1-14-4-3-5-16(10-14)21-24-22(29-25-21)20-18-12-28-19(11-26(18)13-23-20)15-6-8-17(27-2)9-7-15/h3-10,13,19H,11-12H2,1-2H3. The van der Waals surface area contributed by atoms with E-state index < -0.39 is 0 Å². The molecule has 0 spiro atoms. The van der Waals surface area contributed by atoms with Crippen LogP contribution in [-0.4, -0.2) is 26.8 Å². The first-order chi connectivity index (χ1) is 14.2. The summed E-state index contributed by atoms with van der Waals surface area (Å²) in [4.78, 5) is 9.06. The topological polar surface area (TPSA) is 75.2 Å². The van der Waals surface area contributed by atoms with Crippen LogP contribution >= 0.6 is 0 Å². The van der Waals surface area contributed by atoms with Crippen molar-refractivity contribution in [3.8, 4) is 28.7 Å². The predicted molar refractivity (Wildman–Crippen MR) is 106 cm³/mol. The summed E-state index contributed by atoms with van der Waals surface area (Å²) in [5, 5.41) is 4.12.